The van der Waals surface area contributed by atoms with Gasteiger partial charge in [-0.05, 0) is 42.7 Å². The summed E-state index contributed by atoms with van der Waals surface area (Å²) in [4.78, 5) is 11.7. The van der Waals surface area contributed by atoms with E-state index in [1.165, 1.54) is 12.8 Å². The standard InChI is InChI=1S/C15H22N2O/c1-11(12-6-7-12)10-17-15(18)9-8-13-4-2-3-5-14(13)16/h2-5,11-12H,6-10,16H2,1H3,(H,17,18). The van der Waals surface area contributed by atoms with Crippen LogP contribution in [0.5, 0.6) is 0 Å². The molecule has 0 saturated heterocycles. The van der Waals surface area contributed by atoms with Crippen LogP contribution in [0.3, 0.4) is 0 Å². The molecular weight excluding hydrogens is 224 g/mol. The molecule has 1 fully saturated rings. The molecule has 18 heavy (non-hydrogen) atoms. The Morgan fingerprint density at radius 2 is 2.17 bits per heavy atom. The summed E-state index contributed by atoms with van der Waals surface area (Å²) in [5.74, 6) is 1.59. The summed E-state index contributed by atoms with van der Waals surface area (Å²) in [5.41, 5.74) is 7.68. The summed E-state index contributed by atoms with van der Waals surface area (Å²) in [6.45, 7) is 3.03. The Morgan fingerprint density at radius 1 is 1.44 bits per heavy atom. The maximum absolute atomic E-state index is 11.7. The highest BCUT2D eigenvalue weighted by molar-refractivity contribution is 5.76. The summed E-state index contributed by atoms with van der Waals surface area (Å²) >= 11 is 0. The second-order valence-corrected chi connectivity index (χ2v) is 5.32. The van der Waals surface area contributed by atoms with E-state index in [0.29, 0.717) is 12.3 Å². The minimum atomic E-state index is 0.130. The van der Waals surface area contributed by atoms with E-state index in [2.05, 4.69) is 12.2 Å². The van der Waals surface area contributed by atoms with E-state index in [4.69, 9.17) is 5.73 Å². The van der Waals surface area contributed by atoms with Crippen molar-refractivity contribution in [3.05, 3.63) is 29.8 Å². The van der Waals surface area contributed by atoms with E-state index in [-0.39, 0.29) is 5.91 Å². The van der Waals surface area contributed by atoms with E-state index in [1.807, 2.05) is 24.3 Å². The average Bonchev–Trinajstić information content (AvgIpc) is 3.19. The molecular formula is C15H22N2O. The third-order valence-electron chi connectivity index (χ3n) is 3.72. The van der Waals surface area contributed by atoms with Crippen molar-refractivity contribution < 1.29 is 4.79 Å². The molecule has 1 aliphatic carbocycles. The van der Waals surface area contributed by atoms with Crippen LogP contribution >= 0.6 is 0 Å². The minimum absolute atomic E-state index is 0.130. The molecule has 1 saturated carbocycles. The molecule has 0 radical (unpaired) electrons. The lowest BCUT2D eigenvalue weighted by Gasteiger charge is -2.11. The SMILES string of the molecule is CC(CNC(=O)CCc1ccccc1N)C1CC1. The Kier molecular flexibility index (Phi) is 4.24. The van der Waals surface area contributed by atoms with E-state index in [9.17, 15) is 4.79 Å². The monoisotopic (exact) mass is 246 g/mol. The highest BCUT2D eigenvalue weighted by Gasteiger charge is 2.27. The van der Waals surface area contributed by atoms with Crippen LogP contribution in [0.25, 0.3) is 0 Å². The number of rotatable bonds is 6. The first-order valence-corrected chi connectivity index (χ1v) is 6.77. The molecule has 3 heteroatoms. The van der Waals surface area contributed by atoms with Crippen molar-refractivity contribution in [3.8, 4) is 0 Å². The minimum Gasteiger partial charge on any atom is -0.399 e. The zero-order valence-corrected chi connectivity index (χ0v) is 11.0. The fourth-order valence-electron chi connectivity index (χ4n) is 2.21. The number of hydrogen-bond donors (Lipinski definition) is 2. The number of aryl methyl sites for hydroxylation is 1. The second kappa shape index (κ2) is 5.89. The molecule has 1 aliphatic rings. The number of hydrogen-bond acceptors (Lipinski definition) is 2. The molecule has 1 aromatic rings. The van der Waals surface area contributed by atoms with Gasteiger partial charge in [0.25, 0.3) is 0 Å². The van der Waals surface area contributed by atoms with Gasteiger partial charge in [0.05, 0.1) is 0 Å². The molecule has 1 unspecified atom stereocenters. The number of benzene rings is 1. The maximum atomic E-state index is 11.7. The highest BCUT2D eigenvalue weighted by Crippen LogP contribution is 2.36. The van der Waals surface area contributed by atoms with Gasteiger partial charge < -0.3 is 11.1 Å². The van der Waals surface area contributed by atoms with Gasteiger partial charge in [-0.15, -0.1) is 0 Å². The smallest absolute Gasteiger partial charge is 0.220 e. The van der Waals surface area contributed by atoms with E-state index < -0.39 is 0 Å². The number of nitrogen functional groups attached to an aromatic ring is 1. The van der Waals surface area contributed by atoms with Gasteiger partial charge in [0.1, 0.15) is 0 Å². The first-order chi connectivity index (χ1) is 8.66. The Hall–Kier alpha value is -1.51. The van der Waals surface area contributed by atoms with E-state index in [1.54, 1.807) is 0 Å². The summed E-state index contributed by atoms with van der Waals surface area (Å²) in [5, 5.41) is 3.01. The molecule has 2 rings (SSSR count). The summed E-state index contributed by atoms with van der Waals surface area (Å²) in [6.07, 6.45) is 3.90. The van der Waals surface area contributed by atoms with Gasteiger partial charge in [-0.1, -0.05) is 25.1 Å². The van der Waals surface area contributed by atoms with Crippen molar-refractivity contribution in [2.24, 2.45) is 11.8 Å². The van der Waals surface area contributed by atoms with Gasteiger partial charge in [0.2, 0.25) is 5.91 Å². The average molecular weight is 246 g/mol. The zero-order valence-electron chi connectivity index (χ0n) is 11.0. The van der Waals surface area contributed by atoms with Crippen LogP contribution in [0.2, 0.25) is 0 Å². The van der Waals surface area contributed by atoms with Crippen LogP contribution in [0.1, 0.15) is 31.7 Å². The van der Waals surface area contributed by atoms with Crippen molar-refractivity contribution in [1.29, 1.82) is 0 Å². The Bertz CT molecular complexity index is 413. The van der Waals surface area contributed by atoms with Crippen molar-refractivity contribution in [3.63, 3.8) is 0 Å². The fourth-order valence-corrected chi connectivity index (χ4v) is 2.21. The number of carbonyl (C=O) groups excluding carboxylic acids is 1. The summed E-state index contributed by atoms with van der Waals surface area (Å²) in [6, 6.07) is 7.73. The van der Waals surface area contributed by atoms with Crippen molar-refractivity contribution in [2.45, 2.75) is 32.6 Å². The van der Waals surface area contributed by atoms with Gasteiger partial charge in [-0.3, -0.25) is 4.79 Å². The topological polar surface area (TPSA) is 55.1 Å². The number of carbonyl (C=O) groups is 1. The third kappa shape index (κ3) is 3.76. The molecule has 0 aliphatic heterocycles. The molecule has 0 aromatic heterocycles. The van der Waals surface area contributed by atoms with E-state index >= 15 is 0 Å². The largest absolute Gasteiger partial charge is 0.399 e. The number of nitrogens with two attached hydrogens (primary N) is 1. The third-order valence-corrected chi connectivity index (χ3v) is 3.72. The van der Waals surface area contributed by atoms with E-state index in [0.717, 1.165) is 30.1 Å². The highest BCUT2D eigenvalue weighted by atomic mass is 16.1. The molecule has 3 nitrogen and oxygen atoms in total. The van der Waals surface area contributed by atoms with Gasteiger partial charge in [-0.25, -0.2) is 0 Å². The summed E-state index contributed by atoms with van der Waals surface area (Å²) < 4.78 is 0. The number of para-hydroxylation sites is 1. The second-order valence-electron chi connectivity index (χ2n) is 5.32. The molecule has 1 amide bonds. The molecule has 0 bridgehead atoms. The Morgan fingerprint density at radius 3 is 2.83 bits per heavy atom. The lowest BCUT2D eigenvalue weighted by atomic mass is 10.1. The fraction of sp³-hybridized carbons (Fsp3) is 0.533. The normalized spacial score (nSPS) is 16.3. The predicted molar refractivity (Wildman–Crippen MR) is 74.1 cm³/mol. The predicted octanol–water partition coefficient (Wildman–Crippen LogP) is 2.36. The molecule has 1 atom stereocenters. The molecule has 0 spiro atoms. The number of amides is 1. The summed E-state index contributed by atoms with van der Waals surface area (Å²) in [7, 11) is 0. The molecule has 0 heterocycles. The number of anilines is 1. The van der Waals surface area contributed by atoms with Crippen LogP contribution in [0.4, 0.5) is 5.69 Å². The first kappa shape index (κ1) is 12.9. The lowest BCUT2D eigenvalue weighted by Crippen LogP contribution is -2.29. The van der Waals surface area contributed by atoms with Crippen LogP contribution < -0.4 is 11.1 Å². The van der Waals surface area contributed by atoms with Gasteiger partial charge in [-0.2, -0.15) is 0 Å². The van der Waals surface area contributed by atoms with Crippen LogP contribution in [0.15, 0.2) is 24.3 Å². The molecule has 1 aromatic carbocycles. The van der Waals surface area contributed by atoms with Crippen molar-refractivity contribution in [1.82, 2.24) is 5.32 Å². The molecule has 3 N–H and O–H groups in total. The Balaban J connectivity index is 1.69. The van der Waals surface area contributed by atoms with Gasteiger partial charge in [0.15, 0.2) is 0 Å². The maximum Gasteiger partial charge on any atom is 0.220 e. The number of nitrogens with one attached hydrogen (secondary N) is 1. The first-order valence-electron chi connectivity index (χ1n) is 6.77. The molecule has 98 valence electrons. The Labute approximate surface area is 109 Å². The van der Waals surface area contributed by atoms with Crippen LogP contribution in [0, 0.1) is 11.8 Å². The van der Waals surface area contributed by atoms with Crippen LogP contribution in [-0.2, 0) is 11.2 Å². The van der Waals surface area contributed by atoms with Crippen molar-refractivity contribution >= 4 is 11.6 Å². The van der Waals surface area contributed by atoms with Gasteiger partial charge >= 0.3 is 0 Å². The van der Waals surface area contributed by atoms with Crippen LogP contribution in [-0.4, -0.2) is 12.5 Å². The van der Waals surface area contributed by atoms with Gasteiger partial charge in [0, 0.05) is 18.7 Å². The zero-order chi connectivity index (χ0) is 13.0. The quantitative estimate of drug-likeness (QED) is 0.757. The lowest BCUT2D eigenvalue weighted by molar-refractivity contribution is -0.121. The van der Waals surface area contributed by atoms with Crippen molar-refractivity contribution in [2.75, 3.05) is 12.3 Å².